The van der Waals surface area contributed by atoms with Gasteiger partial charge in [-0.05, 0) is 20.8 Å². The predicted molar refractivity (Wildman–Crippen MR) is 64.8 cm³/mol. The number of rotatable bonds is 2. The normalized spacial score (nSPS) is 21.6. The number of amides is 1. The third-order valence-electron chi connectivity index (χ3n) is 3.08. The van der Waals surface area contributed by atoms with Crippen molar-refractivity contribution in [2.45, 2.75) is 50.9 Å². The average Bonchev–Trinajstić information content (AvgIpc) is 2.26. The first-order valence-electron chi connectivity index (χ1n) is 6.16. The summed E-state index contributed by atoms with van der Waals surface area (Å²) in [5, 5.41) is 0. The minimum atomic E-state index is -1.72. The molecule has 0 radical (unpaired) electrons. The molecule has 106 valence electrons. The summed E-state index contributed by atoms with van der Waals surface area (Å²) < 4.78 is 31.8. The van der Waals surface area contributed by atoms with Crippen molar-refractivity contribution in [1.29, 1.82) is 0 Å². The van der Waals surface area contributed by atoms with Crippen molar-refractivity contribution >= 4 is 6.09 Å². The first-order valence-corrected chi connectivity index (χ1v) is 6.16. The van der Waals surface area contributed by atoms with Crippen molar-refractivity contribution in [2.75, 3.05) is 19.8 Å². The van der Waals surface area contributed by atoms with Crippen LogP contribution in [-0.2, 0) is 4.74 Å². The molecule has 1 aliphatic rings. The van der Waals surface area contributed by atoms with E-state index in [1.165, 1.54) is 4.90 Å². The summed E-state index contributed by atoms with van der Waals surface area (Å²) in [5.41, 5.74) is 3.13. The van der Waals surface area contributed by atoms with Crippen molar-refractivity contribution in [2.24, 2.45) is 5.73 Å². The molecule has 1 fully saturated rings. The standard InChI is InChI=1S/C12H22F2N2O2/c1-11(2,3)18-10(17)16-6-4-12(14,5-7-16)9(15)8-13/h9H,4-8,15H2,1-3H3. The highest BCUT2D eigenvalue weighted by molar-refractivity contribution is 5.68. The number of hydrogen-bond acceptors (Lipinski definition) is 3. The van der Waals surface area contributed by atoms with Crippen LogP contribution in [0.25, 0.3) is 0 Å². The van der Waals surface area contributed by atoms with E-state index in [0.717, 1.165) is 0 Å². The lowest BCUT2D eigenvalue weighted by molar-refractivity contribution is -0.00501. The molecule has 18 heavy (non-hydrogen) atoms. The zero-order valence-electron chi connectivity index (χ0n) is 11.2. The van der Waals surface area contributed by atoms with Crippen LogP contribution in [-0.4, -0.2) is 48.1 Å². The van der Waals surface area contributed by atoms with Gasteiger partial charge in [0.1, 0.15) is 17.9 Å². The molecule has 0 bridgehead atoms. The Morgan fingerprint density at radius 2 is 1.94 bits per heavy atom. The summed E-state index contributed by atoms with van der Waals surface area (Å²) >= 11 is 0. The topological polar surface area (TPSA) is 55.6 Å². The maximum atomic E-state index is 14.2. The zero-order chi connectivity index (χ0) is 14.0. The van der Waals surface area contributed by atoms with Gasteiger partial charge in [-0.15, -0.1) is 0 Å². The molecule has 1 heterocycles. The number of carbonyl (C=O) groups is 1. The van der Waals surface area contributed by atoms with Crippen molar-refractivity contribution in [3.8, 4) is 0 Å². The van der Waals surface area contributed by atoms with Crippen LogP contribution in [0.1, 0.15) is 33.6 Å². The van der Waals surface area contributed by atoms with E-state index < -0.39 is 30.1 Å². The Balaban J connectivity index is 2.51. The summed E-state index contributed by atoms with van der Waals surface area (Å²) in [4.78, 5) is 13.2. The Morgan fingerprint density at radius 1 is 1.44 bits per heavy atom. The van der Waals surface area contributed by atoms with E-state index in [9.17, 15) is 13.6 Å². The molecule has 1 aliphatic heterocycles. The summed E-state index contributed by atoms with van der Waals surface area (Å²) in [6.45, 7) is 4.84. The molecule has 0 saturated carbocycles. The third kappa shape index (κ3) is 3.80. The summed E-state index contributed by atoms with van der Waals surface area (Å²) in [6, 6.07) is -1.11. The average molecular weight is 264 g/mol. The molecule has 0 aromatic heterocycles. The molecule has 0 aromatic carbocycles. The molecule has 4 nitrogen and oxygen atoms in total. The van der Waals surface area contributed by atoms with Crippen LogP contribution in [0.4, 0.5) is 13.6 Å². The molecule has 0 aromatic rings. The molecule has 1 atom stereocenters. The van der Waals surface area contributed by atoms with Crippen LogP contribution in [0.3, 0.4) is 0 Å². The minimum absolute atomic E-state index is 0.0529. The van der Waals surface area contributed by atoms with Gasteiger partial charge in [0, 0.05) is 25.9 Å². The van der Waals surface area contributed by atoms with Crippen molar-refractivity contribution in [3.05, 3.63) is 0 Å². The first kappa shape index (κ1) is 15.1. The highest BCUT2D eigenvalue weighted by Gasteiger charge is 2.41. The van der Waals surface area contributed by atoms with E-state index in [1.54, 1.807) is 20.8 Å². The number of halogens is 2. The second-order valence-corrected chi connectivity index (χ2v) is 5.76. The monoisotopic (exact) mass is 264 g/mol. The maximum Gasteiger partial charge on any atom is 0.410 e. The van der Waals surface area contributed by atoms with Gasteiger partial charge in [-0.3, -0.25) is 0 Å². The number of nitrogens with zero attached hydrogens (tertiary/aromatic N) is 1. The molecule has 0 aliphatic carbocycles. The SMILES string of the molecule is CC(C)(C)OC(=O)N1CCC(F)(C(N)CF)CC1. The largest absolute Gasteiger partial charge is 0.444 e. The summed E-state index contributed by atoms with van der Waals surface area (Å²) in [6.07, 6.45) is -0.354. The second-order valence-electron chi connectivity index (χ2n) is 5.76. The van der Waals surface area contributed by atoms with Crippen molar-refractivity contribution in [3.63, 3.8) is 0 Å². The number of carbonyl (C=O) groups excluding carboxylic acids is 1. The number of nitrogens with two attached hydrogens (primary N) is 1. The van der Waals surface area contributed by atoms with Gasteiger partial charge in [0.15, 0.2) is 0 Å². The van der Waals surface area contributed by atoms with Crippen LogP contribution in [0.15, 0.2) is 0 Å². The van der Waals surface area contributed by atoms with E-state index in [4.69, 9.17) is 10.5 Å². The van der Waals surface area contributed by atoms with Crippen LogP contribution in [0.2, 0.25) is 0 Å². The fourth-order valence-electron chi connectivity index (χ4n) is 1.90. The van der Waals surface area contributed by atoms with Gasteiger partial charge in [0.2, 0.25) is 0 Å². The van der Waals surface area contributed by atoms with Gasteiger partial charge in [-0.1, -0.05) is 0 Å². The van der Waals surface area contributed by atoms with Crippen LogP contribution in [0, 0.1) is 0 Å². The minimum Gasteiger partial charge on any atom is -0.444 e. The highest BCUT2D eigenvalue weighted by Crippen LogP contribution is 2.30. The Hall–Kier alpha value is -0.910. The predicted octanol–water partition coefficient (Wildman–Crippen LogP) is 2.02. The van der Waals surface area contributed by atoms with Gasteiger partial charge < -0.3 is 15.4 Å². The zero-order valence-corrected chi connectivity index (χ0v) is 11.2. The molecule has 2 N–H and O–H groups in total. The van der Waals surface area contributed by atoms with E-state index in [0.29, 0.717) is 0 Å². The number of piperidine rings is 1. The fraction of sp³-hybridized carbons (Fsp3) is 0.917. The molecule has 1 unspecified atom stereocenters. The third-order valence-corrected chi connectivity index (χ3v) is 3.08. The molecule has 1 amide bonds. The summed E-state index contributed by atoms with van der Waals surface area (Å²) in [5.74, 6) is 0. The molecule has 0 spiro atoms. The van der Waals surface area contributed by atoms with Gasteiger partial charge in [0.05, 0.1) is 6.04 Å². The van der Waals surface area contributed by atoms with E-state index in [2.05, 4.69) is 0 Å². The van der Waals surface area contributed by atoms with Crippen molar-refractivity contribution < 1.29 is 18.3 Å². The van der Waals surface area contributed by atoms with Gasteiger partial charge >= 0.3 is 6.09 Å². The fourth-order valence-corrected chi connectivity index (χ4v) is 1.90. The Bertz CT molecular complexity index is 297. The lowest BCUT2D eigenvalue weighted by Gasteiger charge is -2.39. The Morgan fingerprint density at radius 3 is 2.33 bits per heavy atom. The van der Waals surface area contributed by atoms with Crippen LogP contribution in [0.5, 0.6) is 0 Å². The lowest BCUT2D eigenvalue weighted by Crippen LogP contribution is -2.54. The Kier molecular flexibility index (Phi) is 4.53. The molecular weight excluding hydrogens is 242 g/mol. The van der Waals surface area contributed by atoms with E-state index >= 15 is 0 Å². The molecule has 6 heteroatoms. The Labute approximate surface area is 106 Å². The molecule has 1 rings (SSSR count). The number of ether oxygens (including phenoxy) is 1. The van der Waals surface area contributed by atoms with Gasteiger partial charge in [-0.2, -0.15) is 0 Å². The highest BCUT2D eigenvalue weighted by atomic mass is 19.1. The number of alkyl halides is 2. The van der Waals surface area contributed by atoms with Gasteiger partial charge in [0.25, 0.3) is 0 Å². The first-order chi connectivity index (χ1) is 8.18. The van der Waals surface area contributed by atoms with E-state index in [-0.39, 0.29) is 25.9 Å². The van der Waals surface area contributed by atoms with E-state index in [1.807, 2.05) is 0 Å². The smallest absolute Gasteiger partial charge is 0.410 e. The summed E-state index contributed by atoms with van der Waals surface area (Å²) in [7, 11) is 0. The van der Waals surface area contributed by atoms with Gasteiger partial charge in [-0.25, -0.2) is 13.6 Å². The second kappa shape index (κ2) is 5.38. The number of likely N-dealkylation sites (tertiary alicyclic amines) is 1. The molecule has 1 saturated heterocycles. The van der Waals surface area contributed by atoms with Crippen LogP contribution < -0.4 is 5.73 Å². The number of hydrogen-bond donors (Lipinski definition) is 1. The van der Waals surface area contributed by atoms with Crippen LogP contribution >= 0.6 is 0 Å². The lowest BCUT2D eigenvalue weighted by atomic mass is 9.87. The quantitative estimate of drug-likeness (QED) is 0.830. The van der Waals surface area contributed by atoms with Crippen molar-refractivity contribution in [1.82, 2.24) is 4.90 Å². The molecular formula is C12H22F2N2O2. The maximum absolute atomic E-state index is 14.2.